The lowest BCUT2D eigenvalue weighted by Crippen LogP contribution is -2.37. The minimum absolute atomic E-state index is 0. The number of hydrogen-bond donors (Lipinski definition) is 2. The fourth-order valence-electron chi connectivity index (χ4n) is 3.50. The second-order valence-electron chi connectivity index (χ2n) is 7.52. The van der Waals surface area contributed by atoms with Gasteiger partial charge in [-0.05, 0) is 55.9 Å². The molecule has 0 aromatic heterocycles. The average molecular weight is 303 g/mol. The third kappa shape index (κ3) is 4.92. The molecule has 2 aliphatic rings. The molecule has 1 aliphatic heterocycles. The van der Waals surface area contributed by atoms with Gasteiger partial charge >= 0.3 is 0 Å². The molecule has 0 bridgehead atoms. The van der Waals surface area contributed by atoms with E-state index in [1.165, 1.54) is 25.7 Å². The Labute approximate surface area is 130 Å². The number of carbonyl (C=O) groups is 1. The van der Waals surface area contributed by atoms with Gasteiger partial charge in [-0.2, -0.15) is 0 Å². The summed E-state index contributed by atoms with van der Waals surface area (Å²) in [7, 11) is 0. The predicted molar refractivity (Wildman–Crippen MR) is 86.1 cm³/mol. The smallest absolute Gasteiger partial charge is 0.224 e. The van der Waals surface area contributed by atoms with E-state index >= 15 is 0 Å². The van der Waals surface area contributed by atoms with Crippen molar-refractivity contribution >= 4 is 18.3 Å². The molecule has 0 aromatic rings. The normalized spacial score (nSPS) is 30.6. The summed E-state index contributed by atoms with van der Waals surface area (Å²) in [5.74, 6) is 2.05. The Kier molecular flexibility index (Phi) is 6.80. The maximum atomic E-state index is 12.0. The molecule has 4 heteroatoms. The van der Waals surface area contributed by atoms with Crippen molar-refractivity contribution in [3.8, 4) is 0 Å². The summed E-state index contributed by atoms with van der Waals surface area (Å²) in [6.07, 6.45) is 6.23. The molecule has 20 heavy (non-hydrogen) atoms. The summed E-state index contributed by atoms with van der Waals surface area (Å²) in [6.45, 7) is 9.82. The summed E-state index contributed by atoms with van der Waals surface area (Å²) < 4.78 is 0. The van der Waals surface area contributed by atoms with Crippen molar-refractivity contribution < 1.29 is 4.79 Å². The molecule has 2 N–H and O–H groups in total. The molecule has 1 unspecified atom stereocenters. The van der Waals surface area contributed by atoms with E-state index in [4.69, 9.17) is 0 Å². The van der Waals surface area contributed by atoms with Crippen LogP contribution in [-0.4, -0.2) is 25.5 Å². The average Bonchev–Trinajstić information content (AvgIpc) is 2.89. The van der Waals surface area contributed by atoms with Crippen molar-refractivity contribution in [2.45, 2.75) is 52.9 Å². The van der Waals surface area contributed by atoms with Crippen molar-refractivity contribution in [2.24, 2.45) is 23.2 Å². The minimum Gasteiger partial charge on any atom is -0.356 e. The quantitative estimate of drug-likeness (QED) is 0.841. The fraction of sp³-hybridized carbons (Fsp3) is 0.938. The van der Waals surface area contributed by atoms with Gasteiger partial charge in [0.15, 0.2) is 0 Å². The zero-order valence-electron chi connectivity index (χ0n) is 13.2. The van der Waals surface area contributed by atoms with Gasteiger partial charge in [0.25, 0.3) is 0 Å². The molecule has 2 rings (SSSR count). The molecule has 1 aliphatic carbocycles. The number of amides is 1. The van der Waals surface area contributed by atoms with Crippen molar-refractivity contribution in [1.29, 1.82) is 0 Å². The van der Waals surface area contributed by atoms with E-state index in [0.717, 1.165) is 32.0 Å². The van der Waals surface area contributed by atoms with Gasteiger partial charge in [-0.15, -0.1) is 12.4 Å². The second kappa shape index (κ2) is 7.65. The van der Waals surface area contributed by atoms with Gasteiger partial charge in [0, 0.05) is 13.1 Å². The van der Waals surface area contributed by atoms with Crippen LogP contribution in [0.4, 0.5) is 0 Å². The van der Waals surface area contributed by atoms with Gasteiger partial charge in [0.05, 0.1) is 5.92 Å². The Bertz CT molecular complexity index is 300. The minimum atomic E-state index is 0. The Hall–Kier alpha value is -0.280. The third-order valence-corrected chi connectivity index (χ3v) is 5.07. The molecule has 2 fully saturated rings. The molecule has 1 amide bonds. The molecular formula is C16H31ClN2O. The number of hydrogen-bond acceptors (Lipinski definition) is 2. The monoisotopic (exact) mass is 302 g/mol. The topological polar surface area (TPSA) is 41.1 Å². The molecular weight excluding hydrogens is 272 g/mol. The Morgan fingerprint density at radius 1 is 1.15 bits per heavy atom. The summed E-state index contributed by atoms with van der Waals surface area (Å²) in [4.78, 5) is 12.0. The van der Waals surface area contributed by atoms with Crippen molar-refractivity contribution in [3.05, 3.63) is 0 Å². The lowest BCUT2D eigenvalue weighted by molar-refractivity contribution is -0.124. The molecule has 3 nitrogen and oxygen atoms in total. The summed E-state index contributed by atoms with van der Waals surface area (Å²) in [6, 6.07) is 0. The number of carbonyl (C=O) groups excluding carboxylic acids is 1. The summed E-state index contributed by atoms with van der Waals surface area (Å²) >= 11 is 0. The highest BCUT2D eigenvalue weighted by molar-refractivity contribution is 5.85. The highest BCUT2D eigenvalue weighted by Crippen LogP contribution is 2.39. The van der Waals surface area contributed by atoms with Gasteiger partial charge < -0.3 is 10.6 Å². The van der Waals surface area contributed by atoms with Crippen LogP contribution in [0.1, 0.15) is 52.9 Å². The zero-order chi connectivity index (χ0) is 13.9. The van der Waals surface area contributed by atoms with Crippen LogP contribution in [0, 0.1) is 23.2 Å². The molecule has 0 radical (unpaired) electrons. The second-order valence-corrected chi connectivity index (χ2v) is 7.52. The predicted octanol–water partition coefficient (Wildman–Crippen LogP) is 2.99. The van der Waals surface area contributed by atoms with Gasteiger partial charge in [0.2, 0.25) is 5.91 Å². The maximum Gasteiger partial charge on any atom is 0.224 e. The van der Waals surface area contributed by atoms with Gasteiger partial charge in [-0.1, -0.05) is 20.8 Å². The van der Waals surface area contributed by atoms with Crippen LogP contribution < -0.4 is 10.6 Å². The molecule has 1 saturated carbocycles. The first-order valence-electron chi connectivity index (χ1n) is 7.95. The van der Waals surface area contributed by atoms with Crippen molar-refractivity contribution in [1.82, 2.24) is 10.6 Å². The molecule has 0 aromatic carbocycles. The van der Waals surface area contributed by atoms with E-state index in [0.29, 0.717) is 11.3 Å². The van der Waals surface area contributed by atoms with Crippen LogP contribution in [0.25, 0.3) is 0 Å². The number of halogens is 1. The highest BCUT2D eigenvalue weighted by Gasteiger charge is 2.30. The van der Waals surface area contributed by atoms with E-state index < -0.39 is 0 Å². The summed E-state index contributed by atoms with van der Waals surface area (Å²) in [5.41, 5.74) is 0.448. The summed E-state index contributed by atoms with van der Waals surface area (Å²) in [5, 5.41) is 6.42. The van der Waals surface area contributed by atoms with Crippen LogP contribution in [-0.2, 0) is 4.79 Å². The lowest BCUT2D eigenvalue weighted by Gasteiger charge is -2.37. The largest absolute Gasteiger partial charge is 0.356 e. The van der Waals surface area contributed by atoms with Gasteiger partial charge in [-0.3, -0.25) is 4.79 Å². The van der Waals surface area contributed by atoms with Crippen molar-refractivity contribution in [2.75, 3.05) is 19.6 Å². The highest BCUT2D eigenvalue weighted by atomic mass is 35.5. The van der Waals surface area contributed by atoms with Crippen LogP contribution in [0.15, 0.2) is 0 Å². The maximum absolute atomic E-state index is 12.0. The van der Waals surface area contributed by atoms with Crippen LogP contribution in [0.5, 0.6) is 0 Å². The van der Waals surface area contributed by atoms with Crippen LogP contribution >= 0.6 is 12.4 Å². The Morgan fingerprint density at radius 2 is 1.80 bits per heavy atom. The molecule has 1 heterocycles. The third-order valence-electron chi connectivity index (χ3n) is 5.07. The first kappa shape index (κ1) is 17.8. The SMILES string of the molecule is CC(C)(C)C1CCC(CNC(=O)C2CCNC2)CC1.Cl. The van der Waals surface area contributed by atoms with E-state index in [9.17, 15) is 4.79 Å². The number of rotatable bonds is 3. The zero-order valence-corrected chi connectivity index (χ0v) is 14.0. The van der Waals surface area contributed by atoms with E-state index in [-0.39, 0.29) is 24.2 Å². The van der Waals surface area contributed by atoms with Gasteiger partial charge in [-0.25, -0.2) is 0 Å². The van der Waals surface area contributed by atoms with E-state index in [1.54, 1.807) is 0 Å². The van der Waals surface area contributed by atoms with E-state index in [2.05, 4.69) is 31.4 Å². The first-order chi connectivity index (χ1) is 8.97. The number of nitrogens with one attached hydrogen (secondary N) is 2. The molecule has 118 valence electrons. The fourth-order valence-corrected chi connectivity index (χ4v) is 3.50. The molecule has 1 atom stereocenters. The first-order valence-corrected chi connectivity index (χ1v) is 7.95. The van der Waals surface area contributed by atoms with Gasteiger partial charge in [0.1, 0.15) is 0 Å². The van der Waals surface area contributed by atoms with Crippen LogP contribution in [0.2, 0.25) is 0 Å². The Morgan fingerprint density at radius 3 is 2.30 bits per heavy atom. The standard InChI is InChI=1S/C16H30N2O.ClH/c1-16(2,3)14-6-4-12(5-7-14)10-18-15(19)13-8-9-17-11-13;/h12-14,17H,4-11H2,1-3H3,(H,18,19);1H. The lowest BCUT2D eigenvalue weighted by atomic mass is 9.70. The molecule has 0 spiro atoms. The molecule has 1 saturated heterocycles. The van der Waals surface area contributed by atoms with Crippen LogP contribution in [0.3, 0.4) is 0 Å². The van der Waals surface area contributed by atoms with Crippen molar-refractivity contribution in [3.63, 3.8) is 0 Å². The Balaban J connectivity index is 0.00000200. The van der Waals surface area contributed by atoms with E-state index in [1.807, 2.05) is 0 Å².